The Morgan fingerprint density at radius 3 is 2.64 bits per heavy atom. The van der Waals surface area contributed by atoms with Gasteiger partial charge in [0, 0.05) is 48.8 Å². The van der Waals surface area contributed by atoms with Crippen molar-refractivity contribution < 1.29 is 9.59 Å². The zero-order chi connectivity index (χ0) is 15.2. The van der Waals surface area contributed by atoms with Crippen molar-refractivity contribution in [2.45, 2.75) is 13.3 Å². The van der Waals surface area contributed by atoms with Gasteiger partial charge in [0.15, 0.2) is 0 Å². The van der Waals surface area contributed by atoms with E-state index in [0.29, 0.717) is 17.8 Å². The number of rotatable bonds is 4. The van der Waals surface area contributed by atoms with E-state index in [9.17, 15) is 9.59 Å². The van der Waals surface area contributed by atoms with Gasteiger partial charge in [0.25, 0.3) is 5.91 Å². The van der Waals surface area contributed by atoms with Gasteiger partial charge in [0.1, 0.15) is 0 Å². The molecule has 5 nitrogen and oxygen atoms in total. The Hall–Kier alpha value is -1.24. The molecule has 0 aliphatic carbocycles. The van der Waals surface area contributed by atoms with E-state index in [2.05, 4.69) is 5.32 Å². The Morgan fingerprint density at radius 1 is 1.32 bits per heavy atom. The number of hydrogen-bond acceptors (Lipinski definition) is 4. The molecule has 0 aromatic heterocycles. The van der Waals surface area contributed by atoms with E-state index in [-0.39, 0.29) is 30.6 Å². The van der Waals surface area contributed by atoms with Gasteiger partial charge in [0.2, 0.25) is 5.91 Å². The molecule has 22 heavy (non-hydrogen) atoms. The highest BCUT2D eigenvalue weighted by molar-refractivity contribution is 7.99. The second kappa shape index (κ2) is 9.02. The van der Waals surface area contributed by atoms with E-state index in [4.69, 9.17) is 5.73 Å². The third-order valence-corrected chi connectivity index (χ3v) is 4.45. The average Bonchev–Trinajstić information content (AvgIpc) is 2.50. The first-order valence-electron chi connectivity index (χ1n) is 7.10. The van der Waals surface area contributed by atoms with Crippen molar-refractivity contribution in [2.24, 2.45) is 5.73 Å². The van der Waals surface area contributed by atoms with Gasteiger partial charge in [-0.05, 0) is 24.6 Å². The van der Waals surface area contributed by atoms with Crippen molar-refractivity contribution in [3.8, 4) is 0 Å². The molecule has 1 aliphatic heterocycles. The van der Waals surface area contributed by atoms with E-state index in [1.165, 1.54) is 0 Å². The summed E-state index contributed by atoms with van der Waals surface area (Å²) in [7, 11) is 0. The van der Waals surface area contributed by atoms with Crippen LogP contribution >= 0.6 is 24.2 Å². The zero-order valence-corrected chi connectivity index (χ0v) is 14.3. The number of nitrogens with two attached hydrogens (primary N) is 1. The lowest BCUT2D eigenvalue weighted by Crippen LogP contribution is -2.38. The highest BCUT2D eigenvalue weighted by Gasteiger charge is 2.21. The number of halogens is 1. The Balaban J connectivity index is 0.00000242. The van der Waals surface area contributed by atoms with Gasteiger partial charge in [-0.1, -0.05) is 6.07 Å². The smallest absolute Gasteiger partial charge is 0.254 e. The third kappa shape index (κ3) is 4.63. The quantitative estimate of drug-likeness (QED) is 0.875. The number of thioether (sulfide) groups is 1. The summed E-state index contributed by atoms with van der Waals surface area (Å²) in [6.07, 6.45) is 0.279. The molecule has 1 heterocycles. The van der Waals surface area contributed by atoms with E-state index < -0.39 is 0 Å². The molecule has 0 unspecified atom stereocenters. The predicted molar refractivity (Wildman–Crippen MR) is 94.0 cm³/mol. The maximum Gasteiger partial charge on any atom is 0.254 e. The number of carbonyl (C=O) groups is 2. The molecule has 1 aromatic carbocycles. The normalized spacial score (nSPS) is 14.2. The van der Waals surface area contributed by atoms with Crippen LogP contribution in [0.1, 0.15) is 22.3 Å². The number of anilines is 1. The monoisotopic (exact) mass is 343 g/mol. The lowest BCUT2D eigenvalue weighted by Gasteiger charge is -2.27. The molecule has 0 radical (unpaired) electrons. The Labute approximate surface area is 141 Å². The van der Waals surface area contributed by atoms with Crippen molar-refractivity contribution in [1.82, 2.24) is 4.90 Å². The molecular formula is C15H22ClN3O2S. The highest BCUT2D eigenvalue weighted by Crippen LogP contribution is 2.22. The molecule has 0 saturated carbocycles. The van der Waals surface area contributed by atoms with E-state index >= 15 is 0 Å². The molecule has 1 aliphatic rings. The van der Waals surface area contributed by atoms with Gasteiger partial charge in [-0.15, -0.1) is 12.4 Å². The summed E-state index contributed by atoms with van der Waals surface area (Å²) in [6, 6.07) is 5.43. The molecule has 1 fully saturated rings. The van der Waals surface area contributed by atoms with Crippen LogP contribution in [0.3, 0.4) is 0 Å². The molecule has 2 amide bonds. The highest BCUT2D eigenvalue weighted by atomic mass is 35.5. The lowest BCUT2D eigenvalue weighted by atomic mass is 10.0. The second-order valence-electron chi connectivity index (χ2n) is 4.97. The summed E-state index contributed by atoms with van der Waals surface area (Å²) >= 11 is 1.87. The first-order valence-corrected chi connectivity index (χ1v) is 8.25. The lowest BCUT2D eigenvalue weighted by molar-refractivity contribution is -0.116. The minimum absolute atomic E-state index is 0. The fraction of sp³-hybridized carbons (Fsp3) is 0.467. The summed E-state index contributed by atoms with van der Waals surface area (Å²) in [5.41, 5.74) is 7.53. The minimum Gasteiger partial charge on any atom is -0.337 e. The van der Waals surface area contributed by atoms with Crippen molar-refractivity contribution in [2.75, 3.05) is 36.5 Å². The summed E-state index contributed by atoms with van der Waals surface area (Å²) in [4.78, 5) is 26.1. The van der Waals surface area contributed by atoms with Gasteiger partial charge in [-0.3, -0.25) is 9.59 Å². The van der Waals surface area contributed by atoms with Crippen LogP contribution in [0.4, 0.5) is 5.69 Å². The number of benzene rings is 1. The number of carbonyl (C=O) groups excluding carboxylic acids is 2. The van der Waals surface area contributed by atoms with Gasteiger partial charge < -0.3 is 16.0 Å². The molecule has 7 heteroatoms. The molecule has 2 rings (SSSR count). The van der Waals surface area contributed by atoms with E-state index in [1.807, 2.05) is 35.7 Å². The van der Waals surface area contributed by atoms with Crippen molar-refractivity contribution >= 4 is 41.7 Å². The van der Waals surface area contributed by atoms with Gasteiger partial charge >= 0.3 is 0 Å². The number of amides is 2. The maximum absolute atomic E-state index is 12.6. The Bertz CT molecular complexity index is 534. The summed E-state index contributed by atoms with van der Waals surface area (Å²) in [6.45, 7) is 3.75. The van der Waals surface area contributed by atoms with Gasteiger partial charge in [-0.2, -0.15) is 11.8 Å². The van der Waals surface area contributed by atoms with E-state index in [1.54, 1.807) is 6.07 Å². The standard InChI is InChI=1S/C15H21N3O2S.ClH/c1-11-12(15(20)18-7-9-21-10-8-18)3-2-4-13(11)17-14(19)5-6-16;/h2-4H,5-10,16H2,1H3,(H,17,19);1H. The molecule has 1 aromatic rings. The van der Waals surface area contributed by atoms with Crippen LogP contribution in [0.2, 0.25) is 0 Å². The van der Waals surface area contributed by atoms with Gasteiger partial charge in [-0.25, -0.2) is 0 Å². The largest absolute Gasteiger partial charge is 0.337 e. The van der Waals surface area contributed by atoms with Crippen molar-refractivity contribution in [1.29, 1.82) is 0 Å². The van der Waals surface area contributed by atoms with Crippen LogP contribution in [0, 0.1) is 6.92 Å². The predicted octanol–water partition coefficient (Wildman–Crippen LogP) is 1.89. The van der Waals surface area contributed by atoms with Crippen molar-refractivity contribution in [3.05, 3.63) is 29.3 Å². The molecule has 0 atom stereocenters. The summed E-state index contributed by atoms with van der Waals surface area (Å²) < 4.78 is 0. The molecule has 1 saturated heterocycles. The minimum atomic E-state index is -0.125. The summed E-state index contributed by atoms with van der Waals surface area (Å²) in [5, 5.41) is 2.82. The Kier molecular flexibility index (Phi) is 7.72. The van der Waals surface area contributed by atoms with Crippen molar-refractivity contribution in [3.63, 3.8) is 0 Å². The molecular weight excluding hydrogens is 322 g/mol. The number of nitrogens with zero attached hydrogens (tertiary/aromatic N) is 1. The van der Waals surface area contributed by atoms with Crippen LogP contribution in [0.25, 0.3) is 0 Å². The van der Waals surface area contributed by atoms with E-state index in [0.717, 1.165) is 30.2 Å². The van der Waals surface area contributed by atoms with Gasteiger partial charge in [0.05, 0.1) is 0 Å². The van der Waals surface area contributed by atoms with Crippen LogP contribution < -0.4 is 11.1 Å². The van der Waals surface area contributed by atoms with Crippen LogP contribution in [0.15, 0.2) is 18.2 Å². The third-order valence-electron chi connectivity index (χ3n) is 3.51. The molecule has 122 valence electrons. The molecule has 0 bridgehead atoms. The first kappa shape index (κ1) is 18.8. The van der Waals surface area contributed by atoms with Crippen LogP contribution in [-0.4, -0.2) is 47.9 Å². The summed E-state index contributed by atoms with van der Waals surface area (Å²) in [5.74, 6) is 1.89. The number of hydrogen-bond donors (Lipinski definition) is 2. The van der Waals surface area contributed by atoms with Crippen LogP contribution in [0.5, 0.6) is 0 Å². The fourth-order valence-corrected chi connectivity index (χ4v) is 3.19. The molecule has 0 spiro atoms. The maximum atomic E-state index is 12.6. The van der Waals surface area contributed by atoms with Crippen LogP contribution in [-0.2, 0) is 4.79 Å². The topological polar surface area (TPSA) is 75.4 Å². The zero-order valence-electron chi connectivity index (χ0n) is 12.6. The Morgan fingerprint density at radius 2 is 2.00 bits per heavy atom. The number of nitrogens with one attached hydrogen (secondary N) is 1. The second-order valence-corrected chi connectivity index (χ2v) is 6.19. The molecule has 3 N–H and O–H groups in total. The SMILES string of the molecule is Cc1c(NC(=O)CCN)cccc1C(=O)N1CCSCC1.Cl. The average molecular weight is 344 g/mol. The fourth-order valence-electron chi connectivity index (χ4n) is 2.28. The first-order chi connectivity index (χ1) is 10.1.